The van der Waals surface area contributed by atoms with Crippen LogP contribution in [-0.2, 0) is 49.2 Å². The fraction of sp³-hybridized carbons (Fsp3) is 0.960. The van der Waals surface area contributed by atoms with Gasteiger partial charge < -0.3 is 77.0 Å². The maximum atomic E-state index is 12.5. The molecule has 6 unspecified atom stereocenters. The van der Waals surface area contributed by atoms with E-state index in [0.717, 1.165) is 196 Å². The molecule has 14 rings (SSSR count). The second-order valence-corrected chi connectivity index (χ2v) is 43.5. The number of primary amides is 2. The number of hydrogen-bond donors (Lipinski definition) is 12. The predicted octanol–water partition coefficient (Wildman–Crippen LogP) is 18.7. The molecule has 3 amide bonds. The van der Waals surface area contributed by atoms with Crippen LogP contribution in [0.5, 0.6) is 0 Å². The summed E-state index contributed by atoms with van der Waals surface area (Å²) in [5, 5.41) is 89.2. The van der Waals surface area contributed by atoms with Crippen molar-refractivity contribution in [2.45, 2.75) is 431 Å². The molecule has 3 heterocycles. The number of carbonyl (C=O) groups is 3. The molecule has 0 aromatic rings. The van der Waals surface area contributed by atoms with Gasteiger partial charge in [0.2, 0.25) is 17.7 Å². The van der Waals surface area contributed by atoms with Crippen LogP contribution in [0.3, 0.4) is 0 Å². The Balaban J connectivity index is -0.000000421. The molecule has 125 heavy (non-hydrogen) atoms. The fourth-order valence-electron chi connectivity index (χ4n) is 13.6. The summed E-state index contributed by atoms with van der Waals surface area (Å²) in [6.07, 6.45) is 42.5. The summed E-state index contributed by atoms with van der Waals surface area (Å²) in [4.78, 5) is 31.7. The molecule has 22 nitrogen and oxygen atoms in total. The molecule has 25 heteroatoms. The van der Waals surface area contributed by atoms with Gasteiger partial charge in [0.25, 0.3) is 0 Å². The largest absolute Gasteiger partial charge is 0.396 e. The lowest BCUT2D eigenvalue weighted by molar-refractivity contribution is -0.130. The number of alkyl halides is 1. The monoisotopic (exact) mass is 1840 g/mol. The van der Waals surface area contributed by atoms with Crippen LogP contribution < -0.4 is 16.8 Å². The summed E-state index contributed by atoms with van der Waals surface area (Å²) in [7, 11) is -1.53. The molecule has 0 bridgehead atoms. The lowest BCUT2D eigenvalue weighted by Crippen LogP contribution is -2.44. The molecule has 0 aromatic heterocycles. The van der Waals surface area contributed by atoms with Crippen molar-refractivity contribution < 1.29 is 97.1 Å². The number of nitrogens with zero attached hydrogens (tertiary/aromatic N) is 1. The number of ether oxygens (including phenoxy) is 3. The number of halogens is 1. The molecule has 11 saturated carbocycles. The number of aliphatic hydroxyl groups is 9. The summed E-state index contributed by atoms with van der Waals surface area (Å²) in [5.74, 6) is 6.64. The number of sulfone groups is 1. The SMILES string of the molecule is C.CC1CC(CO)C1.CC1CC(O)C1.CC1CC(O)C1.CC1CC(O)C1.CC1CCC(O)C1.CC1CCCC1O.CC1CCOC1.CCC1(C(=O)NC)CC1.CCC1(C(N)=O)CC1.CCC1(CC#N)CC1.CCC1(CO)CC1.CCC1(F)COC1.CCC1(S(C)=O)CC1.CCCS(C)(=O)=O.CC[C@H](C)C(N)=O.C[C@@H]1CCOC1.[2H]C([2H])(O)[C@@H](C)CC.[2H]C([2H])(O)[C@H](C)CC. The topological polar surface area (TPSA) is 400 Å². The van der Waals surface area contributed by atoms with Gasteiger partial charge in [0.1, 0.15) is 9.84 Å². The smallest absolute Gasteiger partial charge is 0.225 e. The van der Waals surface area contributed by atoms with Crippen LogP contribution in [0.15, 0.2) is 0 Å². The number of nitrogens with two attached hydrogens (primary N) is 2. The van der Waals surface area contributed by atoms with Crippen molar-refractivity contribution in [3.63, 3.8) is 0 Å². The summed E-state index contributed by atoms with van der Waals surface area (Å²) < 4.78 is 85.9. The van der Waals surface area contributed by atoms with Crippen LogP contribution in [0, 0.1) is 104 Å². The van der Waals surface area contributed by atoms with Gasteiger partial charge in [0, 0.05) is 117 Å². The molecule has 750 valence electrons. The van der Waals surface area contributed by atoms with Crippen molar-refractivity contribution in [3.8, 4) is 6.07 Å². The third-order valence-corrected chi connectivity index (χ3v) is 29.9. The van der Waals surface area contributed by atoms with Gasteiger partial charge in [0.15, 0.2) is 5.67 Å². The number of rotatable bonds is 20. The highest BCUT2D eigenvalue weighted by atomic mass is 32.2. The van der Waals surface area contributed by atoms with E-state index in [1.54, 1.807) is 20.9 Å². The number of carbonyl (C=O) groups excluding carboxylic acids is 3. The van der Waals surface area contributed by atoms with E-state index >= 15 is 0 Å². The molecule has 10 atom stereocenters. The first kappa shape index (κ1) is 122. The van der Waals surface area contributed by atoms with Crippen molar-refractivity contribution in [2.24, 2.45) is 104 Å². The van der Waals surface area contributed by atoms with E-state index in [2.05, 4.69) is 99.2 Å². The maximum Gasteiger partial charge on any atom is 0.225 e. The summed E-state index contributed by atoms with van der Waals surface area (Å²) in [6.45, 7) is 43.8. The third-order valence-electron chi connectivity index (χ3n) is 26.8. The molecule has 3 saturated heterocycles. The minimum atomic E-state index is -2.67. The highest BCUT2D eigenvalue weighted by molar-refractivity contribution is 7.90. The van der Waals surface area contributed by atoms with Crippen LogP contribution in [0.25, 0.3) is 0 Å². The normalized spacial score (nSPS) is 29.3. The molecule has 0 spiro atoms. The Morgan fingerprint density at radius 1 is 0.544 bits per heavy atom. The van der Waals surface area contributed by atoms with Gasteiger partial charge in [-0.15, -0.1) is 0 Å². The minimum absolute atomic E-state index is 0. The van der Waals surface area contributed by atoms with E-state index in [-0.39, 0.29) is 89.0 Å². The Labute approximate surface area is 774 Å². The zero-order chi connectivity index (χ0) is 99.7. The van der Waals surface area contributed by atoms with E-state index in [1.807, 2.05) is 54.7 Å². The zero-order valence-corrected chi connectivity index (χ0v) is 85.0. The Kier molecular flexibility index (Phi) is 71.4. The highest BCUT2D eigenvalue weighted by Gasteiger charge is 2.48. The molecule has 3 aliphatic heterocycles. The van der Waals surface area contributed by atoms with Crippen LogP contribution >= 0.6 is 0 Å². The van der Waals surface area contributed by atoms with Crippen LogP contribution in [0.1, 0.15) is 396 Å². The van der Waals surface area contributed by atoms with Gasteiger partial charge in [-0.3, -0.25) is 18.6 Å². The second-order valence-electron chi connectivity index (χ2n) is 39.4. The first-order chi connectivity index (χ1) is 59.4. The van der Waals surface area contributed by atoms with Gasteiger partial charge in [-0.25, -0.2) is 12.8 Å². The van der Waals surface area contributed by atoms with Crippen molar-refractivity contribution in [2.75, 3.05) is 91.3 Å². The van der Waals surface area contributed by atoms with E-state index in [9.17, 15) is 31.4 Å². The van der Waals surface area contributed by atoms with Crippen LogP contribution in [0.2, 0.25) is 0 Å². The number of nitriles is 1. The third kappa shape index (κ3) is 67.3. The first-order valence-corrected chi connectivity index (χ1v) is 52.2. The van der Waals surface area contributed by atoms with Crippen LogP contribution in [-0.4, -0.2) is 209 Å². The quantitative estimate of drug-likeness (QED) is 0.0539. The zero-order valence-electron chi connectivity index (χ0n) is 87.3. The lowest BCUT2D eigenvalue weighted by Gasteiger charge is -2.32. The van der Waals surface area contributed by atoms with E-state index < -0.39 is 39.4 Å². The molecule has 14 aliphatic rings. The minimum Gasteiger partial charge on any atom is -0.396 e. The van der Waals surface area contributed by atoms with E-state index in [0.29, 0.717) is 74.1 Å². The first-order valence-electron chi connectivity index (χ1n) is 50.6. The lowest BCUT2D eigenvalue weighted by atomic mass is 9.77. The average molecular weight is 1840 g/mol. The molecular weight excluding hydrogens is 1630 g/mol. The summed E-state index contributed by atoms with van der Waals surface area (Å²) >= 11 is 0. The highest BCUT2D eigenvalue weighted by Crippen LogP contribution is 2.52. The predicted molar refractivity (Wildman–Crippen MR) is 518 cm³/mol. The Bertz CT molecular complexity index is 2800. The number of nitrogens with one attached hydrogen (secondary N) is 1. The van der Waals surface area contributed by atoms with Crippen molar-refractivity contribution in [1.82, 2.24) is 5.32 Å². The Hall–Kier alpha value is -2.55. The number of hydrogen-bond acceptors (Lipinski definition) is 19. The van der Waals surface area contributed by atoms with Gasteiger partial charge in [-0.05, 0) is 288 Å². The van der Waals surface area contributed by atoms with E-state index in [1.165, 1.54) is 96.1 Å². The van der Waals surface area contributed by atoms with Crippen molar-refractivity contribution in [1.29, 1.82) is 5.26 Å². The molecular formula is C100H203FN4O18S2. The summed E-state index contributed by atoms with van der Waals surface area (Å²) in [6, 6.07) is 2.22. The Morgan fingerprint density at radius 3 is 1.00 bits per heavy atom. The average Bonchev–Trinajstić information content (AvgIpc) is 1.67. The van der Waals surface area contributed by atoms with Gasteiger partial charge in [-0.1, -0.05) is 172 Å². The molecule has 14 fully saturated rings. The standard InChI is InChI=1S/C7H13NO.C7H11N.C6H11NO.C6H12OS.4C6H12O.C5H9FO.C5H11NO.5C5H10O.2C5H12O.C4H10O2S.CH4/c1-3-7(4-5-7)6(9)8-2;1-2-7(3-4-7)5-6-8;1-2-6(3-4-6)5(7)8;1-3-6(4-5-6)8(2)7;1-5-2-6(3-5)4-7;1-5-2-3-6(7)4-5;1-5-3-2-4-6(5)7;1-2-6(5-7)3-4-6;1-2-5(6)3-7-4-5;1-3-4(2)5(6)7;3*1-4-2-5(6)3-4;2*1-5-2-3-6-4-5;2*1-3-5(2)4-6;1-3-4-7(2,5)6;/h3-5H2,1-2H3,(H,8,9);2-5H2,1H3;2-4H2,1H3,(H2,7,8);3-5H2,1-2H3;3*5-7H,2-4H2,1H3;7H,2-5H2,1H3;2-4H2,1H3;4H,3H2,1-2H3,(H2,6,7);3*4-6H,2-3H2,1H3;2*5H,2-4H2,1H3;2*5-6H,3-4H2,1-2H3;3-4H2,1-2H3;1H4/t;;;;;;;;;4-;;;;5-;;2*5-;;/m.........0...1.10../s1/i;;;;;;;;;;;;;;;2*4D2;;. The van der Waals surface area contributed by atoms with Gasteiger partial charge >= 0.3 is 0 Å². The van der Waals surface area contributed by atoms with Crippen molar-refractivity contribution in [3.05, 3.63) is 0 Å². The number of amides is 3. The molecule has 14 N–H and O–H groups in total. The molecule has 0 radical (unpaired) electrons. The fourth-order valence-corrected chi connectivity index (χ4v) is 15.4. The second kappa shape index (κ2) is 72.9. The van der Waals surface area contributed by atoms with Crippen LogP contribution in [0.4, 0.5) is 4.39 Å². The summed E-state index contributed by atoms with van der Waals surface area (Å²) in [5.41, 5.74) is 9.90. The Morgan fingerprint density at radius 2 is 0.952 bits per heavy atom. The number of aliphatic hydroxyl groups excluding tert-OH is 7. The van der Waals surface area contributed by atoms with Crippen molar-refractivity contribution >= 4 is 38.4 Å². The molecule has 11 aliphatic carbocycles. The maximum absolute atomic E-state index is 12.5. The van der Waals surface area contributed by atoms with Gasteiger partial charge in [0.05, 0.1) is 55.3 Å². The van der Waals surface area contributed by atoms with Gasteiger partial charge in [-0.2, -0.15) is 5.26 Å². The van der Waals surface area contributed by atoms with E-state index in [4.69, 9.17) is 77.6 Å². The molecule has 0 aromatic carbocycles.